The molecule has 0 atom stereocenters. The topological polar surface area (TPSA) is 26.6 Å². The van der Waals surface area contributed by atoms with Crippen molar-refractivity contribution in [1.29, 1.82) is 0 Å². The van der Waals surface area contributed by atoms with Gasteiger partial charge < -0.3 is 14.0 Å². The van der Waals surface area contributed by atoms with Crippen LogP contribution in [0.1, 0.15) is 17.5 Å². The van der Waals surface area contributed by atoms with Crippen LogP contribution in [0.5, 0.6) is 5.75 Å². The van der Waals surface area contributed by atoms with Gasteiger partial charge in [-0.3, -0.25) is 4.90 Å². The molecule has 4 nitrogen and oxygen atoms in total. The van der Waals surface area contributed by atoms with Crippen LogP contribution in [-0.4, -0.2) is 49.4 Å². The molecule has 1 aliphatic rings. The molecule has 3 aromatic rings. The molecule has 0 aliphatic carbocycles. The molecule has 142 valence electrons. The van der Waals surface area contributed by atoms with Crippen LogP contribution in [0.25, 0.3) is 10.9 Å². The van der Waals surface area contributed by atoms with Gasteiger partial charge in [0.05, 0.1) is 25.8 Å². The molecule has 0 radical (unpaired) electrons. The van der Waals surface area contributed by atoms with Gasteiger partial charge in [-0.2, -0.15) is 0 Å². The number of hydrogen-bond acceptors (Lipinski definition) is 3. The number of benzene rings is 2. The van der Waals surface area contributed by atoms with Gasteiger partial charge in [0.2, 0.25) is 0 Å². The maximum absolute atomic E-state index is 5.47. The van der Waals surface area contributed by atoms with Crippen LogP contribution in [-0.2, 0) is 17.7 Å². The molecule has 0 amide bonds. The predicted molar refractivity (Wildman–Crippen MR) is 110 cm³/mol. The number of nitrogens with zero attached hydrogens (tertiary/aromatic N) is 2. The van der Waals surface area contributed by atoms with E-state index in [0.29, 0.717) is 0 Å². The first-order valence-electron chi connectivity index (χ1n) is 9.83. The molecule has 0 saturated carbocycles. The SMILES string of the molecule is COc1ccc2c(CCCN3CCOCC3)cn(Cc3ccccc3)c2c1. The quantitative estimate of drug-likeness (QED) is 0.635. The Balaban J connectivity index is 1.54. The summed E-state index contributed by atoms with van der Waals surface area (Å²) in [6.45, 7) is 5.89. The van der Waals surface area contributed by atoms with E-state index in [0.717, 1.165) is 51.6 Å². The van der Waals surface area contributed by atoms with Gasteiger partial charge in [-0.15, -0.1) is 0 Å². The molecule has 0 bridgehead atoms. The fourth-order valence-electron chi connectivity index (χ4n) is 3.90. The summed E-state index contributed by atoms with van der Waals surface area (Å²) >= 11 is 0. The molecule has 2 heterocycles. The number of aryl methyl sites for hydroxylation is 1. The summed E-state index contributed by atoms with van der Waals surface area (Å²) in [4.78, 5) is 2.51. The van der Waals surface area contributed by atoms with E-state index in [-0.39, 0.29) is 0 Å². The molecular weight excluding hydrogens is 336 g/mol. The summed E-state index contributed by atoms with van der Waals surface area (Å²) in [6, 6.07) is 17.1. The van der Waals surface area contributed by atoms with Gasteiger partial charge >= 0.3 is 0 Å². The second-order valence-corrected chi connectivity index (χ2v) is 7.21. The Kier molecular flexibility index (Phi) is 5.75. The largest absolute Gasteiger partial charge is 0.497 e. The lowest BCUT2D eigenvalue weighted by Gasteiger charge is -2.26. The van der Waals surface area contributed by atoms with Gasteiger partial charge in [0.1, 0.15) is 5.75 Å². The van der Waals surface area contributed by atoms with Crippen LogP contribution in [0.3, 0.4) is 0 Å². The first kappa shape index (κ1) is 18.1. The molecule has 0 unspecified atom stereocenters. The zero-order valence-corrected chi connectivity index (χ0v) is 16.1. The van der Waals surface area contributed by atoms with E-state index in [9.17, 15) is 0 Å². The van der Waals surface area contributed by atoms with Gasteiger partial charge in [-0.25, -0.2) is 0 Å². The van der Waals surface area contributed by atoms with Crippen molar-refractivity contribution in [2.24, 2.45) is 0 Å². The Hall–Kier alpha value is -2.30. The molecular formula is C23H28N2O2. The fraction of sp³-hybridized carbons (Fsp3) is 0.391. The van der Waals surface area contributed by atoms with Crippen LogP contribution >= 0.6 is 0 Å². The van der Waals surface area contributed by atoms with Crippen molar-refractivity contribution in [2.75, 3.05) is 40.0 Å². The van der Waals surface area contributed by atoms with E-state index in [2.05, 4.69) is 64.2 Å². The second-order valence-electron chi connectivity index (χ2n) is 7.21. The second kappa shape index (κ2) is 8.59. The molecule has 1 fully saturated rings. The zero-order valence-electron chi connectivity index (χ0n) is 16.1. The normalized spacial score (nSPS) is 15.3. The maximum atomic E-state index is 5.47. The lowest BCUT2D eigenvalue weighted by Crippen LogP contribution is -2.36. The molecule has 1 aromatic heterocycles. The summed E-state index contributed by atoms with van der Waals surface area (Å²) in [6.07, 6.45) is 4.61. The Bertz CT molecular complexity index is 867. The predicted octanol–water partition coefficient (Wildman–Crippen LogP) is 3.96. The van der Waals surface area contributed by atoms with E-state index < -0.39 is 0 Å². The lowest BCUT2D eigenvalue weighted by molar-refractivity contribution is 0.0375. The van der Waals surface area contributed by atoms with E-state index in [1.807, 2.05) is 0 Å². The highest BCUT2D eigenvalue weighted by molar-refractivity contribution is 5.85. The number of methoxy groups -OCH3 is 1. The minimum absolute atomic E-state index is 0.871. The summed E-state index contributed by atoms with van der Waals surface area (Å²) in [5, 5.41) is 1.34. The zero-order chi connectivity index (χ0) is 18.5. The lowest BCUT2D eigenvalue weighted by atomic mass is 10.1. The fourth-order valence-corrected chi connectivity index (χ4v) is 3.90. The summed E-state index contributed by atoms with van der Waals surface area (Å²) < 4.78 is 13.3. The number of fused-ring (bicyclic) bond motifs is 1. The molecule has 2 aromatic carbocycles. The van der Waals surface area contributed by atoms with E-state index >= 15 is 0 Å². The molecule has 0 N–H and O–H groups in total. The molecule has 4 heteroatoms. The molecule has 1 aliphatic heterocycles. The third-order valence-corrected chi connectivity index (χ3v) is 5.39. The molecule has 1 saturated heterocycles. The highest BCUT2D eigenvalue weighted by atomic mass is 16.5. The van der Waals surface area contributed by atoms with E-state index in [1.54, 1.807) is 7.11 Å². The molecule has 4 rings (SSSR count). The third-order valence-electron chi connectivity index (χ3n) is 5.39. The van der Waals surface area contributed by atoms with Crippen molar-refractivity contribution in [1.82, 2.24) is 9.47 Å². The Labute approximate surface area is 161 Å². The average molecular weight is 364 g/mol. The third kappa shape index (κ3) is 4.34. The Morgan fingerprint density at radius 1 is 1.04 bits per heavy atom. The number of rotatable bonds is 7. The van der Waals surface area contributed by atoms with Gasteiger partial charge in [0.15, 0.2) is 0 Å². The van der Waals surface area contributed by atoms with Gasteiger partial charge in [0, 0.05) is 37.3 Å². The minimum atomic E-state index is 0.871. The van der Waals surface area contributed by atoms with Crippen molar-refractivity contribution in [2.45, 2.75) is 19.4 Å². The van der Waals surface area contributed by atoms with Crippen molar-refractivity contribution >= 4 is 10.9 Å². The minimum Gasteiger partial charge on any atom is -0.497 e. The first-order valence-corrected chi connectivity index (χ1v) is 9.83. The van der Waals surface area contributed by atoms with Crippen molar-refractivity contribution in [3.63, 3.8) is 0 Å². The monoisotopic (exact) mass is 364 g/mol. The Morgan fingerprint density at radius 3 is 2.63 bits per heavy atom. The highest BCUT2D eigenvalue weighted by Gasteiger charge is 2.13. The number of hydrogen-bond donors (Lipinski definition) is 0. The number of ether oxygens (including phenoxy) is 2. The summed E-state index contributed by atoms with van der Waals surface area (Å²) in [5.74, 6) is 0.912. The van der Waals surface area contributed by atoms with Crippen LogP contribution in [0.15, 0.2) is 54.7 Å². The van der Waals surface area contributed by atoms with E-state index in [1.165, 1.54) is 28.5 Å². The molecule has 27 heavy (non-hydrogen) atoms. The Morgan fingerprint density at radius 2 is 1.85 bits per heavy atom. The summed E-state index contributed by atoms with van der Waals surface area (Å²) in [5.41, 5.74) is 3.99. The standard InChI is InChI=1S/C23H28N2O2/c1-26-21-9-10-22-20(8-5-11-24-12-14-27-15-13-24)18-25(23(22)16-21)17-19-6-3-2-4-7-19/h2-4,6-7,9-10,16,18H,5,8,11-15,17H2,1H3. The first-order chi connectivity index (χ1) is 13.3. The smallest absolute Gasteiger partial charge is 0.120 e. The van der Waals surface area contributed by atoms with Crippen molar-refractivity contribution < 1.29 is 9.47 Å². The van der Waals surface area contributed by atoms with Gasteiger partial charge in [0.25, 0.3) is 0 Å². The van der Waals surface area contributed by atoms with Crippen molar-refractivity contribution in [3.05, 3.63) is 65.9 Å². The molecule has 0 spiro atoms. The number of morpholine rings is 1. The highest BCUT2D eigenvalue weighted by Crippen LogP contribution is 2.27. The van der Waals surface area contributed by atoms with Crippen LogP contribution < -0.4 is 4.74 Å². The van der Waals surface area contributed by atoms with Gasteiger partial charge in [-0.1, -0.05) is 30.3 Å². The summed E-state index contributed by atoms with van der Waals surface area (Å²) in [7, 11) is 1.73. The van der Waals surface area contributed by atoms with Gasteiger partial charge in [-0.05, 0) is 42.6 Å². The van der Waals surface area contributed by atoms with Crippen LogP contribution in [0.4, 0.5) is 0 Å². The van der Waals surface area contributed by atoms with Crippen LogP contribution in [0, 0.1) is 0 Å². The van der Waals surface area contributed by atoms with Crippen molar-refractivity contribution in [3.8, 4) is 5.75 Å². The van der Waals surface area contributed by atoms with E-state index in [4.69, 9.17) is 9.47 Å². The average Bonchev–Trinajstić information content (AvgIpc) is 3.06. The number of aromatic nitrogens is 1. The maximum Gasteiger partial charge on any atom is 0.120 e. The van der Waals surface area contributed by atoms with Crippen LogP contribution in [0.2, 0.25) is 0 Å².